The maximum absolute atomic E-state index is 3.80. The van der Waals surface area contributed by atoms with Gasteiger partial charge in [0.05, 0.1) is 0 Å². The van der Waals surface area contributed by atoms with Crippen LogP contribution in [0.5, 0.6) is 0 Å². The molecule has 0 aromatic carbocycles. The van der Waals surface area contributed by atoms with E-state index in [2.05, 4.69) is 37.9 Å². The van der Waals surface area contributed by atoms with Crippen LogP contribution in [-0.4, -0.2) is 36.6 Å². The molecule has 0 spiro atoms. The molecule has 0 bridgehead atoms. The van der Waals surface area contributed by atoms with Crippen LogP contribution in [0.4, 0.5) is 0 Å². The highest BCUT2D eigenvalue weighted by Crippen LogP contribution is 2.42. The van der Waals surface area contributed by atoms with Gasteiger partial charge in [-0.25, -0.2) is 0 Å². The second-order valence-corrected chi connectivity index (χ2v) is 7.70. The highest BCUT2D eigenvalue weighted by Gasteiger charge is 2.38. The fourth-order valence-electron chi connectivity index (χ4n) is 4.46. The molecule has 1 saturated carbocycles. The molecular formula is C18H36N2. The topological polar surface area (TPSA) is 15.3 Å². The van der Waals surface area contributed by atoms with Crippen LogP contribution in [-0.2, 0) is 0 Å². The fraction of sp³-hybridized carbons (Fsp3) is 1.00. The van der Waals surface area contributed by atoms with Crippen molar-refractivity contribution in [2.75, 3.05) is 19.6 Å². The Bertz CT molecular complexity index is 281. The summed E-state index contributed by atoms with van der Waals surface area (Å²) in [4.78, 5) is 2.86. The fourth-order valence-corrected chi connectivity index (χ4v) is 4.46. The predicted molar refractivity (Wildman–Crippen MR) is 88.1 cm³/mol. The molecule has 2 nitrogen and oxygen atoms in total. The first-order valence-corrected chi connectivity index (χ1v) is 9.07. The van der Waals surface area contributed by atoms with Crippen molar-refractivity contribution in [3.8, 4) is 0 Å². The van der Waals surface area contributed by atoms with E-state index >= 15 is 0 Å². The van der Waals surface area contributed by atoms with Crippen LogP contribution in [0.3, 0.4) is 0 Å². The van der Waals surface area contributed by atoms with E-state index in [1.807, 2.05) is 0 Å². The molecule has 20 heavy (non-hydrogen) atoms. The van der Waals surface area contributed by atoms with Gasteiger partial charge in [-0.2, -0.15) is 0 Å². The molecule has 1 N–H and O–H groups in total. The van der Waals surface area contributed by atoms with Crippen LogP contribution in [0.1, 0.15) is 72.6 Å². The average Bonchev–Trinajstić information content (AvgIpc) is 2.88. The van der Waals surface area contributed by atoms with Gasteiger partial charge in [0.2, 0.25) is 0 Å². The number of hydrogen-bond donors (Lipinski definition) is 1. The number of piperazine rings is 1. The van der Waals surface area contributed by atoms with Gasteiger partial charge >= 0.3 is 0 Å². The highest BCUT2D eigenvalue weighted by atomic mass is 15.2. The number of nitrogens with one attached hydrogen (secondary N) is 1. The maximum Gasteiger partial charge on any atom is 0.0244 e. The molecule has 0 radical (unpaired) electrons. The monoisotopic (exact) mass is 280 g/mol. The molecule has 2 aliphatic rings. The Labute approximate surface area is 126 Å². The van der Waals surface area contributed by atoms with Gasteiger partial charge in [0.25, 0.3) is 0 Å². The molecule has 0 aromatic heterocycles. The number of nitrogens with zero attached hydrogens (tertiary/aromatic N) is 1. The van der Waals surface area contributed by atoms with Crippen LogP contribution in [0.15, 0.2) is 0 Å². The van der Waals surface area contributed by atoms with E-state index in [1.165, 1.54) is 64.6 Å². The summed E-state index contributed by atoms with van der Waals surface area (Å²) in [7, 11) is 0. The Balaban J connectivity index is 2.02. The van der Waals surface area contributed by atoms with Crippen LogP contribution >= 0.6 is 0 Å². The molecule has 2 atom stereocenters. The van der Waals surface area contributed by atoms with Crippen LogP contribution in [0, 0.1) is 11.3 Å². The number of rotatable bonds is 6. The summed E-state index contributed by atoms with van der Waals surface area (Å²) >= 11 is 0. The van der Waals surface area contributed by atoms with Gasteiger partial charge in [0.15, 0.2) is 0 Å². The van der Waals surface area contributed by atoms with Crippen molar-refractivity contribution in [2.24, 2.45) is 11.3 Å². The summed E-state index contributed by atoms with van der Waals surface area (Å²) in [5, 5.41) is 3.80. The molecule has 1 saturated heterocycles. The van der Waals surface area contributed by atoms with E-state index in [1.54, 1.807) is 0 Å². The van der Waals surface area contributed by atoms with Crippen LogP contribution in [0.2, 0.25) is 0 Å². The minimum atomic E-state index is 0.640. The lowest BCUT2D eigenvalue weighted by Gasteiger charge is -2.46. The van der Waals surface area contributed by atoms with Crippen molar-refractivity contribution in [3.05, 3.63) is 0 Å². The standard InChI is InChI=1S/C18H36N2/c1-5-9-16-13-20(17(12-19-16)15(3)4)14-18(6-2)10-7-8-11-18/h15-17,19H,5-14H2,1-4H3. The first kappa shape index (κ1) is 16.3. The van der Waals surface area contributed by atoms with Crippen molar-refractivity contribution in [1.29, 1.82) is 0 Å². The molecule has 2 heteroatoms. The number of hydrogen-bond acceptors (Lipinski definition) is 2. The van der Waals surface area contributed by atoms with E-state index in [0.717, 1.165) is 18.0 Å². The van der Waals surface area contributed by atoms with Crippen molar-refractivity contribution in [2.45, 2.75) is 84.7 Å². The summed E-state index contributed by atoms with van der Waals surface area (Å²) in [5.41, 5.74) is 0.640. The highest BCUT2D eigenvalue weighted by molar-refractivity contribution is 4.93. The normalized spacial score (nSPS) is 31.1. The third-order valence-electron chi connectivity index (χ3n) is 5.90. The Hall–Kier alpha value is -0.0800. The minimum absolute atomic E-state index is 0.640. The minimum Gasteiger partial charge on any atom is -0.311 e. The molecular weight excluding hydrogens is 244 g/mol. The lowest BCUT2D eigenvalue weighted by atomic mass is 9.81. The van der Waals surface area contributed by atoms with Crippen molar-refractivity contribution in [3.63, 3.8) is 0 Å². The molecule has 118 valence electrons. The molecule has 0 amide bonds. The summed E-state index contributed by atoms with van der Waals surface area (Å²) in [6.07, 6.45) is 9.88. The van der Waals surface area contributed by atoms with Crippen LogP contribution in [0.25, 0.3) is 0 Å². The molecule has 2 fully saturated rings. The summed E-state index contributed by atoms with van der Waals surface area (Å²) in [6.45, 7) is 13.3. The Morgan fingerprint density at radius 1 is 1.20 bits per heavy atom. The summed E-state index contributed by atoms with van der Waals surface area (Å²) < 4.78 is 0. The van der Waals surface area contributed by atoms with E-state index in [4.69, 9.17) is 0 Å². The third-order valence-corrected chi connectivity index (χ3v) is 5.90. The molecule has 1 heterocycles. The second-order valence-electron chi connectivity index (χ2n) is 7.70. The van der Waals surface area contributed by atoms with Crippen LogP contribution < -0.4 is 5.32 Å². The Morgan fingerprint density at radius 3 is 2.45 bits per heavy atom. The average molecular weight is 280 g/mol. The summed E-state index contributed by atoms with van der Waals surface area (Å²) in [6, 6.07) is 1.47. The zero-order chi connectivity index (χ0) is 14.6. The first-order chi connectivity index (χ1) is 9.60. The molecule has 1 aliphatic heterocycles. The molecule has 2 rings (SSSR count). The molecule has 0 aromatic rings. The predicted octanol–water partition coefficient (Wildman–Crippen LogP) is 4.06. The Kier molecular flexibility index (Phi) is 5.92. The van der Waals surface area contributed by atoms with Gasteiger partial charge < -0.3 is 5.32 Å². The maximum atomic E-state index is 3.80. The SMILES string of the molecule is CCCC1CN(CC2(CC)CCCC2)C(C(C)C)CN1. The van der Waals surface area contributed by atoms with Crippen molar-refractivity contribution in [1.82, 2.24) is 10.2 Å². The van der Waals surface area contributed by atoms with E-state index in [0.29, 0.717) is 5.41 Å². The van der Waals surface area contributed by atoms with E-state index in [9.17, 15) is 0 Å². The zero-order valence-corrected chi connectivity index (χ0v) is 14.3. The zero-order valence-electron chi connectivity index (χ0n) is 14.3. The molecule has 1 aliphatic carbocycles. The van der Waals surface area contributed by atoms with E-state index < -0.39 is 0 Å². The van der Waals surface area contributed by atoms with Gasteiger partial charge in [-0.05, 0) is 37.0 Å². The lowest BCUT2D eigenvalue weighted by Crippen LogP contribution is -2.60. The third kappa shape index (κ3) is 3.76. The van der Waals surface area contributed by atoms with Gasteiger partial charge in [-0.3, -0.25) is 4.90 Å². The second kappa shape index (κ2) is 7.26. The van der Waals surface area contributed by atoms with Gasteiger partial charge in [0, 0.05) is 31.7 Å². The lowest BCUT2D eigenvalue weighted by molar-refractivity contribution is 0.0469. The Morgan fingerprint density at radius 2 is 1.90 bits per heavy atom. The first-order valence-electron chi connectivity index (χ1n) is 9.07. The van der Waals surface area contributed by atoms with Gasteiger partial charge in [0.1, 0.15) is 0 Å². The summed E-state index contributed by atoms with van der Waals surface area (Å²) in [5.74, 6) is 0.764. The quantitative estimate of drug-likeness (QED) is 0.789. The van der Waals surface area contributed by atoms with Crippen molar-refractivity contribution < 1.29 is 0 Å². The van der Waals surface area contributed by atoms with Gasteiger partial charge in [-0.15, -0.1) is 0 Å². The van der Waals surface area contributed by atoms with Gasteiger partial charge in [-0.1, -0.05) is 47.0 Å². The largest absolute Gasteiger partial charge is 0.311 e. The van der Waals surface area contributed by atoms with Crippen molar-refractivity contribution >= 4 is 0 Å². The van der Waals surface area contributed by atoms with E-state index in [-0.39, 0.29) is 0 Å². The molecule has 2 unspecified atom stereocenters. The smallest absolute Gasteiger partial charge is 0.0244 e.